The summed E-state index contributed by atoms with van der Waals surface area (Å²) in [6, 6.07) is 11.0. The molecule has 0 radical (unpaired) electrons. The standard InChI is InChI=1S/C23H21N3O4/c1-2-7-25-8-5-18-16(22(25)27)13-17-19(24-18)6-9-26(23(17)28)14-15-3-4-20-21(12-15)30-11-10-29-20/h3-6,8-9,12-13H,2,7,10-11,14H2,1H3. The first-order chi connectivity index (χ1) is 14.6. The van der Waals surface area contributed by atoms with E-state index in [9.17, 15) is 9.59 Å². The third-order valence-electron chi connectivity index (χ3n) is 5.31. The lowest BCUT2D eigenvalue weighted by Crippen LogP contribution is -2.22. The summed E-state index contributed by atoms with van der Waals surface area (Å²) >= 11 is 0. The third kappa shape index (κ3) is 3.12. The molecule has 0 saturated carbocycles. The zero-order valence-corrected chi connectivity index (χ0v) is 16.6. The van der Waals surface area contributed by atoms with E-state index >= 15 is 0 Å². The number of aryl methyl sites for hydroxylation is 1. The van der Waals surface area contributed by atoms with Crippen molar-refractivity contribution in [2.75, 3.05) is 13.2 Å². The van der Waals surface area contributed by atoms with Gasteiger partial charge in [0.2, 0.25) is 0 Å². The van der Waals surface area contributed by atoms with Gasteiger partial charge < -0.3 is 18.6 Å². The zero-order valence-electron chi connectivity index (χ0n) is 16.6. The van der Waals surface area contributed by atoms with Crippen LogP contribution in [-0.4, -0.2) is 27.3 Å². The van der Waals surface area contributed by atoms with Crippen molar-refractivity contribution in [1.29, 1.82) is 0 Å². The van der Waals surface area contributed by atoms with E-state index in [0.29, 0.717) is 53.9 Å². The molecule has 4 aromatic rings. The highest BCUT2D eigenvalue weighted by Crippen LogP contribution is 2.30. The Balaban J connectivity index is 1.59. The molecular weight excluding hydrogens is 382 g/mol. The van der Waals surface area contributed by atoms with E-state index in [1.807, 2.05) is 37.3 Å². The van der Waals surface area contributed by atoms with Crippen LogP contribution in [0, 0.1) is 0 Å². The molecule has 0 unspecified atom stereocenters. The molecule has 0 spiro atoms. The minimum atomic E-state index is -0.179. The molecule has 0 aliphatic carbocycles. The van der Waals surface area contributed by atoms with Gasteiger partial charge in [0, 0.05) is 18.9 Å². The molecule has 7 heteroatoms. The Bertz CT molecular complexity index is 1390. The molecule has 30 heavy (non-hydrogen) atoms. The molecule has 1 aromatic carbocycles. The van der Waals surface area contributed by atoms with Crippen LogP contribution in [0.25, 0.3) is 21.8 Å². The number of hydrogen-bond donors (Lipinski definition) is 0. The fraction of sp³-hybridized carbons (Fsp3) is 0.261. The highest BCUT2D eigenvalue weighted by molar-refractivity contribution is 5.91. The van der Waals surface area contributed by atoms with Crippen LogP contribution in [0.5, 0.6) is 11.5 Å². The van der Waals surface area contributed by atoms with E-state index in [1.54, 1.807) is 27.6 Å². The largest absolute Gasteiger partial charge is 0.486 e. The van der Waals surface area contributed by atoms with Crippen molar-refractivity contribution in [2.45, 2.75) is 26.4 Å². The van der Waals surface area contributed by atoms with Gasteiger partial charge in [-0.05, 0) is 42.3 Å². The van der Waals surface area contributed by atoms with Crippen molar-refractivity contribution in [1.82, 2.24) is 14.1 Å². The maximum absolute atomic E-state index is 13.1. The van der Waals surface area contributed by atoms with Gasteiger partial charge in [-0.2, -0.15) is 0 Å². The average Bonchev–Trinajstić information content (AvgIpc) is 2.77. The number of nitrogens with zero attached hydrogens (tertiary/aromatic N) is 3. The van der Waals surface area contributed by atoms with Crippen molar-refractivity contribution < 1.29 is 9.47 Å². The molecule has 0 N–H and O–H groups in total. The molecule has 0 amide bonds. The van der Waals surface area contributed by atoms with Crippen LogP contribution in [0.15, 0.2) is 58.4 Å². The first-order valence-corrected chi connectivity index (χ1v) is 10.1. The van der Waals surface area contributed by atoms with Crippen LogP contribution in [0.2, 0.25) is 0 Å². The number of benzene rings is 1. The van der Waals surface area contributed by atoms with Crippen molar-refractivity contribution in [3.63, 3.8) is 0 Å². The summed E-state index contributed by atoms with van der Waals surface area (Å²) in [5.74, 6) is 1.41. The van der Waals surface area contributed by atoms with Crippen LogP contribution in [0.3, 0.4) is 0 Å². The number of pyridine rings is 3. The maximum Gasteiger partial charge on any atom is 0.260 e. The number of fused-ring (bicyclic) bond motifs is 3. The van der Waals surface area contributed by atoms with Gasteiger partial charge in [-0.3, -0.25) is 9.59 Å². The topological polar surface area (TPSA) is 75.3 Å². The van der Waals surface area contributed by atoms with Crippen LogP contribution in [0.1, 0.15) is 18.9 Å². The number of aromatic nitrogens is 3. The summed E-state index contributed by atoms with van der Waals surface area (Å²) in [5.41, 5.74) is 1.81. The Morgan fingerprint density at radius 2 is 1.53 bits per heavy atom. The van der Waals surface area contributed by atoms with Crippen LogP contribution >= 0.6 is 0 Å². The molecule has 5 rings (SSSR count). The second-order valence-corrected chi connectivity index (χ2v) is 7.40. The quantitative estimate of drug-likeness (QED) is 0.490. The highest BCUT2D eigenvalue weighted by Gasteiger charge is 2.13. The Hall–Kier alpha value is -3.61. The average molecular weight is 403 g/mol. The van der Waals surface area contributed by atoms with E-state index < -0.39 is 0 Å². The van der Waals surface area contributed by atoms with Gasteiger partial charge in [0.05, 0.1) is 28.4 Å². The molecule has 0 bridgehead atoms. The minimum absolute atomic E-state index is 0.120. The Kier molecular flexibility index (Phi) is 4.50. The van der Waals surface area contributed by atoms with Crippen LogP contribution in [-0.2, 0) is 13.1 Å². The molecular formula is C23H21N3O4. The lowest BCUT2D eigenvalue weighted by atomic mass is 10.1. The van der Waals surface area contributed by atoms with E-state index in [0.717, 1.165) is 17.7 Å². The maximum atomic E-state index is 13.1. The molecule has 7 nitrogen and oxygen atoms in total. The molecule has 1 aliphatic heterocycles. The lowest BCUT2D eigenvalue weighted by Gasteiger charge is -2.19. The van der Waals surface area contributed by atoms with Crippen molar-refractivity contribution in [3.05, 3.63) is 75.1 Å². The van der Waals surface area contributed by atoms with Gasteiger partial charge in [-0.25, -0.2) is 4.98 Å². The van der Waals surface area contributed by atoms with Gasteiger partial charge in [0.25, 0.3) is 11.1 Å². The van der Waals surface area contributed by atoms with Crippen molar-refractivity contribution >= 4 is 21.8 Å². The van der Waals surface area contributed by atoms with Gasteiger partial charge in [-0.15, -0.1) is 0 Å². The minimum Gasteiger partial charge on any atom is -0.486 e. The van der Waals surface area contributed by atoms with Crippen molar-refractivity contribution in [3.8, 4) is 11.5 Å². The van der Waals surface area contributed by atoms with Gasteiger partial charge >= 0.3 is 0 Å². The van der Waals surface area contributed by atoms with Crippen LogP contribution < -0.4 is 20.6 Å². The highest BCUT2D eigenvalue weighted by atomic mass is 16.6. The molecule has 4 heterocycles. The van der Waals surface area contributed by atoms with Gasteiger partial charge in [0.15, 0.2) is 11.5 Å². The third-order valence-corrected chi connectivity index (χ3v) is 5.31. The molecule has 0 atom stereocenters. The molecule has 152 valence electrons. The second-order valence-electron chi connectivity index (χ2n) is 7.40. The van der Waals surface area contributed by atoms with E-state index in [2.05, 4.69) is 4.98 Å². The second kappa shape index (κ2) is 7.33. The number of hydrogen-bond acceptors (Lipinski definition) is 5. The zero-order chi connectivity index (χ0) is 20.7. The SMILES string of the molecule is CCCn1ccc2nc3ccn(Cc4ccc5c(c4)OCCO5)c(=O)c3cc2c1=O. The number of rotatable bonds is 4. The van der Waals surface area contributed by atoms with Gasteiger partial charge in [0.1, 0.15) is 13.2 Å². The predicted octanol–water partition coefficient (Wildman–Crippen LogP) is 2.94. The predicted molar refractivity (Wildman–Crippen MR) is 115 cm³/mol. The summed E-state index contributed by atoms with van der Waals surface area (Å²) in [6.45, 7) is 4.10. The fourth-order valence-corrected chi connectivity index (χ4v) is 3.83. The van der Waals surface area contributed by atoms with Crippen molar-refractivity contribution in [2.24, 2.45) is 0 Å². The van der Waals surface area contributed by atoms with Crippen LogP contribution in [0.4, 0.5) is 0 Å². The molecule has 3 aromatic heterocycles. The summed E-state index contributed by atoms with van der Waals surface area (Å²) in [6.07, 6.45) is 4.35. The summed E-state index contributed by atoms with van der Waals surface area (Å²) in [7, 11) is 0. The molecule has 0 saturated heterocycles. The monoisotopic (exact) mass is 403 g/mol. The Morgan fingerprint density at radius 1 is 0.867 bits per heavy atom. The van der Waals surface area contributed by atoms with E-state index in [4.69, 9.17) is 9.47 Å². The first kappa shape index (κ1) is 18.4. The summed E-state index contributed by atoms with van der Waals surface area (Å²) < 4.78 is 14.5. The number of ether oxygens (including phenoxy) is 2. The summed E-state index contributed by atoms with van der Waals surface area (Å²) in [4.78, 5) is 30.5. The normalized spacial score (nSPS) is 13.1. The van der Waals surface area contributed by atoms with Gasteiger partial charge in [-0.1, -0.05) is 13.0 Å². The van der Waals surface area contributed by atoms with E-state index in [-0.39, 0.29) is 11.1 Å². The molecule has 0 fully saturated rings. The lowest BCUT2D eigenvalue weighted by molar-refractivity contribution is 0.171. The smallest absolute Gasteiger partial charge is 0.260 e. The Labute approximate surface area is 172 Å². The Morgan fingerprint density at radius 3 is 2.27 bits per heavy atom. The van der Waals surface area contributed by atoms with E-state index in [1.165, 1.54) is 0 Å². The summed E-state index contributed by atoms with van der Waals surface area (Å²) in [5, 5.41) is 0.904. The molecule has 1 aliphatic rings. The fourth-order valence-electron chi connectivity index (χ4n) is 3.83. The first-order valence-electron chi connectivity index (χ1n) is 10.1.